The minimum Gasteiger partial charge on any atom is -0.322 e. The van der Waals surface area contributed by atoms with Crippen molar-refractivity contribution in [2.45, 2.75) is 6.54 Å². The van der Waals surface area contributed by atoms with Crippen LogP contribution in [-0.2, 0) is 6.54 Å². The second-order valence-electron chi connectivity index (χ2n) is 4.98. The highest BCUT2D eigenvalue weighted by Crippen LogP contribution is 2.20. The van der Waals surface area contributed by atoms with Gasteiger partial charge in [0.25, 0.3) is 5.91 Å². The van der Waals surface area contributed by atoms with Gasteiger partial charge in [-0.25, -0.2) is 0 Å². The average molecular weight is 482 g/mol. The summed E-state index contributed by atoms with van der Waals surface area (Å²) < 4.78 is 3.66. The van der Waals surface area contributed by atoms with Gasteiger partial charge in [-0.1, -0.05) is 28.1 Å². The van der Waals surface area contributed by atoms with Gasteiger partial charge < -0.3 is 5.32 Å². The Kier molecular flexibility index (Phi) is 5.12. The number of hydrogen-bond acceptors (Lipinski definition) is 2. The van der Waals surface area contributed by atoms with Crippen molar-refractivity contribution in [3.63, 3.8) is 0 Å². The average Bonchev–Trinajstić information content (AvgIpc) is 3.04. The molecule has 0 aliphatic rings. The summed E-state index contributed by atoms with van der Waals surface area (Å²) in [5, 5.41) is 7.11. The molecule has 6 heteroatoms. The summed E-state index contributed by atoms with van der Waals surface area (Å²) in [4.78, 5) is 12.4. The number of anilines is 1. The number of hydrogen-bond donors (Lipinski definition) is 1. The Labute approximate surface area is 156 Å². The maximum atomic E-state index is 12.4. The molecule has 0 radical (unpaired) electrons. The third-order valence-electron chi connectivity index (χ3n) is 3.29. The Hall–Kier alpha value is -1.67. The van der Waals surface area contributed by atoms with Gasteiger partial charge in [-0.05, 0) is 64.6 Å². The summed E-state index contributed by atoms with van der Waals surface area (Å²) in [5.74, 6) is -0.115. The molecule has 3 aromatic rings. The highest BCUT2D eigenvalue weighted by molar-refractivity contribution is 14.1. The molecule has 0 fully saturated rings. The first-order valence-corrected chi connectivity index (χ1v) is 8.82. The molecule has 1 amide bonds. The van der Waals surface area contributed by atoms with Crippen LogP contribution in [0.1, 0.15) is 15.9 Å². The van der Waals surface area contributed by atoms with Gasteiger partial charge in [0.15, 0.2) is 0 Å². The fourth-order valence-corrected chi connectivity index (χ4v) is 3.09. The molecule has 0 unspecified atom stereocenters. The third kappa shape index (κ3) is 4.20. The molecule has 1 aromatic heterocycles. The fraction of sp³-hybridized carbons (Fsp3) is 0.0588. The second kappa shape index (κ2) is 7.27. The van der Waals surface area contributed by atoms with Gasteiger partial charge in [0.05, 0.1) is 12.1 Å². The number of carbonyl (C=O) groups excluding carboxylic acids is 1. The van der Waals surface area contributed by atoms with Gasteiger partial charge in [-0.2, -0.15) is 5.10 Å². The molecule has 0 aliphatic heterocycles. The Balaban J connectivity index is 1.70. The van der Waals surface area contributed by atoms with E-state index in [4.69, 9.17) is 0 Å². The molecular weight excluding hydrogens is 469 g/mol. The lowest BCUT2D eigenvalue weighted by Crippen LogP contribution is -2.13. The van der Waals surface area contributed by atoms with Crippen LogP contribution in [0.15, 0.2) is 65.4 Å². The van der Waals surface area contributed by atoms with Gasteiger partial charge in [-0.15, -0.1) is 0 Å². The summed E-state index contributed by atoms with van der Waals surface area (Å²) in [6.07, 6.45) is 3.68. The summed E-state index contributed by atoms with van der Waals surface area (Å²) in [5.41, 5.74) is 2.55. The molecule has 1 N–H and O–H groups in total. The third-order valence-corrected chi connectivity index (χ3v) is 4.72. The van der Waals surface area contributed by atoms with Crippen LogP contribution < -0.4 is 5.32 Å². The van der Waals surface area contributed by atoms with Crippen LogP contribution in [-0.4, -0.2) is 15.7 Å². The zero-order valence-electron chi connectivity index (χ0n) is 12.0. The summed E-state index contributed by atoms with van der Waals surface area (Å²) in [6, 6.07) is 15.3. The summed E-state index contributed by atoms with van der Waals surface area (Å²) >= 11 is 5.56. The number of amides is 1. The van der Waals surface area contributed by atoms with E-state index in [-0.39, 0.29) is 5.91 Å². The smallest absolute Gasteiger partial charge is 0.256 e. The molecule has 23 heavy (non-hydrogen) atoms. The molecule has 0 spiro atoms. The summed E-state index contributed by atoms with van der Waals surface area (Å²) in [7, 11) is 0. The van der Waals surface area contributed by atoms with Crippen molar-refractivity contribution in [2.24, 2.45) is 0 Å². The quantitative estimate of drug-likeness (QED) is 0.555. The number of rotatable bonds is 4. The van der Waals surface area contributed by atoms with Gasteiger partial charge in [0, 0.05) is 26.1 Å². The van der Waals surface area contributed by atoms with Crippen molar-refractivity contribution in [1.29, 1.82) is 0 Å². The van der Waals surface area contributed by atoms with E-state index in [0.717, 1.165) is 19.3 Å². The van der Waals surface area contributed by atoms with Crippen LogP contribution in [0.25, 0.3) is 0 Å². The Morgan fingerprint density at radius 2 is 2.00 bits per heavy atom. The van der Waals surface area contributed by atoms with Crippen molar-refractivity contribution >= 4 is 50.1 Å². The van der Waals surface area contributed by atoms with Crippen LogP contribution in [0.3, 0.4) is 0 Å². The summed E-state index contributed by atoms with van der Waals surface area (Å²) in [6.45, 7) is 0.713. The lowest BCUT2D eigenvalue weighted by atomic mass is 10.2. The van der Waals surface area contributed by atoms with E-state index in [2.05, 4.69) is 48.9 Å². The highest BCUT2D eigenvalue weighted by Gasteiger charge is 2.10. The van der Waals surface area contributed by atoms with Crippen LogP contribution >= 0.6 is 38.5 Å². The highest BCUT2D eigenvalue weighted by atomic mass is 127. The van der Waals surface area contributed by atoms with Crippen LogP contribution in [0.2, 0.25) is 0 Å². The SMILES string of the molecule is O=C(Nc1ccc(Cn2cccn2)cc1)c1cc(Br)ccc1I. The number of aromatic nitrogens is 2. The Bertz CT molecular complexity index is 816. The Morgan fingerprint density at radius 3 is 2.70 bits per heavy atom. The Morgan fingerprint density at radius 1 is 1.22 bits per heavy atom. The molecule has 0 atom stereocenters. The number of benzene rings is 2. The topological polar surface area (TPSA) is 46.9 Å². The van der Waals surface area contributed by atoms with E-state index >= 15 is 0 Å². The van der Waals surface area contributed by atoms with Crippen molar-refractivity contribution in [3.8, 4) is 0 Å². The van der Waals surface area contributed by atoms with Gasteiger partial charge in [-0.3, -0.25) is 9.48 Å². The number of halogens is 2. The van der Waals surface area contributed by atoms with Crippen LogP contribution in [0.5, 0.6) is 0 Å². The van der Waals surface area contributed by atoms with Crippen molar-refractivity contribution < 1.29 is 4.79 Å². The standard InChI is InChI=1S/C17H13BrIN3O/c18-13-4-7-16(19)15(10-13)17(23)21-14-5-2-12(3-6-14)11-22-9-1-8-20-22/h1-10H,11H2,(H,21,23). The molecule has 0 saturated carbocycles. The van der Waals surface area contributed by atoms with E-state index in [1.54, 1.807) is 6.20 Å². The maximum absolute atomic E-state index is 12.4. The lowest BCUT2D eigenvalue weighted by molar-refractivity contribution is 0.102. The van der Waals surface area contributed by atoms with E-state index in [0.29, 0.717) is 12.1 Å². The van der Waals surface area contributed by atoms with E-state index in [1.165, 1.54) is 0 Å². The van der Waals surface area contributed by atoms with E-state index in [9.17, 15) is 4.79 Å². The predicted molar refractivity (Wildman–Crippen MR) is 103 cm³/mol. The molecule has 0 saturated heterocycles. The molecule has 1 heterocycles. The largest absolute Gasteiger partial charge is 0.322 e. The predicted octanol–water partition coefficient (Wildman–Crippen LogP) is 4.55. The number of nitrogens with zero attached hydrogens (tertiary/aromatic N) is 2. The first-order chi connectivity index (χ1) is 11.1. The van der Waals surface area contributed by atoms with E-state index < -0.39 is 0 Å². The molecule has 2 aromatic carbocycles. The van der Waals surface area contributed by atoms with Crippen molar-refractivity contribution in [2.75, 3.05) is 5.32 Å². The molecule has 0 aliphatic carbocycles. The minimum absolute atomic E-state index is 0.115. The van der Waals surface area contributed by atoms with Gasteiger partial charge >= 0.3 is 0 Å². The number of carbonyl (C=O) groups is 1. The van der Waals surface area contributed by atoms with Crippen molar-refractivity contribution in [1.82, 2.24) is 9.78 Å². The van der Waals surface area contributed by atoms with Crippen LogP contribution in [0, 0.1) is 3.57 Å². The van der Waals surface area contributed by atoms with Crippen molar-refractivity contribution in [3.05, 3.63) is 80.1 Å². The number of nitrogens with one attached hydrogen (secondary N) is 1. The fourth-order valence-electron chi connectivity index (χ4n) is 2.14. The zero-order valence-corrected chi connectivity index (χ0v) is 15.8. The van der Waals surface area contributed by atoms with Crippen LogP contribution in [0.4, 0.5) is 5.69 Å². The molecule has 4 nitrogen and oxygen atoms in total. The van der Waals surface area contributed by atoms with E-state index in [1.807, 2.05) is 59.4 Å². The maximum Gasteiger partial charge on any atom is 0.256 e. The van der Waals surface area contributed by atoms with Gasteiger partial charge in [0.1, 0.15) is 0 Å². The molecular formula is C17H13BrIN3O. The monoisotopic (exact) mass is 481 g/mol. The lowest BCUT2D eigenvalue weighted by Gasteiger charge is -2.08. The molecule has 0 bridgehead atoms. The minimum atomic E-state index is -0.115. The second-order valence-corrected chi connectivity index (χ2v) is 7.06. The zero-order chi connectivity index (χ0) is 16.2. The normalized spacial score (nSPS) is 10.5. The molecule has 116 valence electrons. The first-order valence-electron chi connectivity index (χ1n) is 6.94. The molecule has 3 rings (SSSR count). The van der Waals surface area contributed by atoms with Gasteiger partial charge in [0.2, 0.25) is 0 Å². The first kappa shape index (κ1) is 16.2.